The number of amides is 1. The summed E-state index contributed by atoms with van der Waals surface area (Å²) in [5.74, 6) is 2.32. The Hall–Kier alpha value is -2.76. The van der Waals surface area contributed by atoms with E-state index in [-0.39, 0.29) is 11.7 Å². The number of carbonyl (C=O) groups excluding carboxylic acids is 1. The van der Waals surface area contributed by atoms with E-state index in [9.17, 15) is 4.79 Å². The Morgan fingerprint density at radius 3 is 2.78 bits per heavy atom. The first kappa shape index (κ1) is 24.9. The summed E-state index contributed by atoms with van der Waals surface area (Å²) in [7, 11) is 0. The van der Waals surface area contributed by atoms with Gasteiger partial charge in [-0.05, 0) is 31.4 Å². The smallest absolute Gasteiger partial charge is 0.271 e. The van der Waals surface area contributed by atoms with Gasteiger partial charge in [-0.15, -0.1) is 0 Å². The maximum Gasteiger partial charge on any atom is 0.271 e. The molecule has 0 aliphatic carbocycles. The molecule has 0 radical (unpaired) electrons. The van der Waals surface area contributed by atoms with Gasteiger partial charge in [-0.2, -0.15) is 0 Å². The number of primary amides is 1. The lowest BCUT2D eigenvalue weighted by molar-refractivity contribution is 0.0903. The summed E-state index contributed by atoms with van der Waals surface area (Å²) in [6, 6.07) is 6.63. The maximum absolute atomic E-state index is 12.3. The van der Waals surface area contributed by atoms with Gasteiger partial charge in [0.05, 0.1) is 17.4 Å². The molecular formula is C25H35N7O3S. The van der Waals surface area contributed by atoms with E-state index in [1.807, 2.05) is 31.0 Å². The van der Waals surface area contributed by atoms with Gasteiger partial charge in [0.2, 0.25) is 0 Å². The fourth-order valence-corrected chi connectivity index (χ4v) is 5.83. The number of nitrogens with two attached hydrogens (primary N) is 1. The number of aromatic nitrogens is 2. The molecule has 194 valence electrons. The van der Waals surface area contributed by atoms with E-state index in [0.717, 1.165) is 74.3 Å². The van der Waals surface area contributed by atoms with Crippen molar-refractivity contribution in [1.29, 1.82) is 0 Å². The van der Waals surface area contributed by atoms with Crippen LogP contribution < -0.4 is 26.0 Å². The lowest BCUT2D eigenvalue weighted by atomic mass is 10.1. The van der Waals surface area contributed by atoms with Gasteiger partial charge in [0.1, 0.15) is 12.4 Å². The zero-order valence-corrected chi connectivity index (χ0v) is 21.8. The topological polar surface area (TPSA) is 118 Å². The SMILES string of the molecule is CCSN1CCN2c3ccc(Nc4nc(NC5CCOCC5)c(CC)nc4C(N)=O)cc3OCC2C1. The Morgan fingerprint density at radius 1 is 1.19 bits per heavy atom. The molecule has 2 fully saturated rings. The van der Waals surface area contributed by atoms with E-state index in [2.05, 4.69) is 37.8 Å². The molecule has 0 bridgehead atoms. The van der Waals surface area contributed by atoms with E-state index in [1.165, 1.54) is 0 Å². The number of anilines is 4. The number of ether oxygens (including phenoxy) is 2. The predicted octanol–water partition coefficient (Wildman–Crippen LogP) is 3.02. The van der Waals surface area contributed by atoms with Crippen molar-refractivity contribution in [2.24, 2.45) is 5.73 Å². The summed E-state index contributed by atoms with van der Waals surface area (Å²) in [5, 5.41) is 6.78. The van der Waals surface area contributed by atoms with Gasteiger partial charge in [-0.25, -0.2) is 14.3 Å². The second kappa shape index (κ2) is 11.1. The van der Waals surface area contributed by atoms with Gasteiger partial charge in [0.15, 0.2) is 17.3 Å². The van der Waals surface area contributed by atoms with Crippen LogP contribution in [0.5, 0.6) is 5.75 Å². The number of piperazine rings is 1. The number of rotatable bonds is 8. The molecule has 5 rings (SSSR count). The minimum atomic E-state index is -0.614. The summed E-state index contributed by atoms with van der Waals surface area (Å²) < 4.78 is 14.1. The summed E-state index contributed by atoms with van der Waals surface area (Å²) in [6.45, 7) is 9.25. The average molecular weight is 514 g/mol. The van der Waals surface area contributed by atoms with Gasteiger partial charge in [-0.1, -0.05) is 25.8 Å². The molecule has 4 N–H and O–H groups in total. The zero-order valence-electron chi connectivity index (χ0n) is 21.0. The number of benzene rings is 1. The highest BCUT2D eigenvalue weighted by Gasteiger charge is 2.33. The van der Waals surface area contributed by atoms with Crippen molar-refractivity contribution in [2.75, 3.05) is 60.7 Å². The number of aryl methyl sites for hydroxylation is 1. The lowest BCUT2D eigenvalue weighted by Crippen LogP contribution is -2.55. The highest BCUT2D eigenvalue weighted by molar-refractivity contribution is 7.96. The van der Waals surface area contributed by atoms with Crippen LogP contribution in [-0.2, 0) is 11.2 Å². The van der Waals surface area contributed by atoms with Crippen molar-refractivity contribution in [2.45, 2.75) is 45.2 Å². The van der Waals surface area contributed by atoms with Crippen LogP contribution in [-0.4, -0.2) is 77.5 Å². The summed E-state index contributed by atoms with van der Waals surface area (Å²) in [5.41, 5.74) is 8.41. The molecule has 1 amide bonds. The Labute approximate surface area is 216 Å². The quantitative estimate of drug-likeness (QED) is 0.455. The monoisotopic (exact) mass is 513 g/mol. The third-order valence-corrected chi connectivity index (χ3v) is 7.77. The van der Waals surface area contributed by atoms with Crippen LogP contribution in [0.15, 0.2) is 18.2 Å². The molecule has 4 heterocycles. The van der Waals surface area contributed by atoms with E-state index < -0.39 is 5.91 Å². The predicted molar refractivity (Wildman–Crippen MR) is 143 cm³/mol. The van der Waals surface area contributed by atoms with Crippen LogP contribution in [0, 0.1) is 0 Å². The minimum Gasteiger partial charge on any atom is -0.489 e. The number of carbonyl (C=O) groups is 1. The minimum absolute atomic E-state index is 0.132. The third-order valence-electron chi connectivity index (χ3n) is 6.82. The molecule has 3 aliphatic heterocycles. The Morgan fingerprint density at radius 2 is 2.03 bits per heavy atom. The molecule has 2 saturated heterocycles. The van der Waals surface area contributed by atoms with E-state index in [1.54, 1.807) is 0 Å². The molecule has 1 atom stereocenters. The summed E-state index contributed by atoms with van der Waals surface area (Å²) >= 11 is 1.89. The Balaban J connectivity index is 1.38. The van der Waals surface area contributed by atoms with Crippen LogP contribution in [0.3, 0.4) is 0 Å². The first-order valence-corrected chi connectivity index (χ1v) is 13.7. The second-order valence-electron chi connectivity index (χ2n) is 9.24. The van der Waals surface area contributed by atoms with E-state index >= 15 is 0 Å². The molecule has 10 nitrogen and oxygen atoms in total. The van der Waals surface area contributed by atoms with E-state index in [4.69, 9.17) is 20.2 Å². The van der Waals surface area contributed by atoms with Crippen LogP contribution >= 0.6 is 11.9 Å². The number of hydrogen-bond donors (Lipinski definition) is 3. The molecule has 36 heavy (non-hydrogen) atoms. The largest absolute Gasteiger partial charge is 0.489 e. The number of fused-ring (bicyclic) bond motifs is 3. The van der Waals surface area contributed by atoms with Crippen LogP contribution in [0.1, 0.15) is 42.9 Å². The summed E-state index contributed by atoms with van der Waals surface area (Å²) in [4.78, 5) is 24.0. The van der Waals surface area contributed by atoms with Gasteiger partial charge >= 0.3 is 0 Å². The van der Waals surface area contributed by atoms with Gasteiger partial charge < -0.3 is 30.7 Å². The van der Waals surface area contributed by atoms with Crippen molar-refractivity contribution >= 4 is 40.9 Å². The van der Waals surface area contributed by atoms with Crippen molar-refractivity contribution in [3.05, 3.63) is 29.6 Å². The van der Waals surface area contributed by atoms with Crippen molar-refractivity contribution in [1.82, 2.24) is 14.3 Å². The fraction of sp³-hybridized carbons (Fsp3) is 0.560. The fourth-order valence-electron chi connectivity index (χ4n) is 4.98. The highest BCUT2D eigenvalue weighted by atomic mass is 32.2. The molecule has 1 unspecified atom stereocenters. The molecule has 0 saturated carbocycles. The summed E-state index contributed by atoms with van der Waals surface area (Å²) in [6.07, 6.45) is 2.44. The van der Waals surface area contributed by atoms with Crippen LogP contribution in [0.4, 0.5) is 23.0 Å². The molecular weight excluding hydrogens is 478 g/mol. The number of hydrogen-bond acceptors (Lipinski definition) is 10. The Kier molecular flexibility index (Phi) is 7.68. The molecule has 2 aromatic rings. The van der Waals surface area contributed by atoms with Gasteiger partial charge in [0.25, 0.3) is 5.91 Å². The first-order valence-electron chi connectivity index (χ1n) is 12.8. The molecule has 3 aliphatic rings. The molecule has 0 spiro atoms. The van der Waals surface area contributed by atoms with E-state index in [0.29, 0.717) is 30.7 Å². The van der Waals surface area contributed by atoms with Crippen molar-refractivity contribution in [3.8, 4) is 5.75 Å². The lowest BCUT2D eigenvalue weighted by Gasteiger charge is -2.45. The standard InChI is InChI=1S/C25H35N7O3S/c1-3-19-24(27-16-7-11-34-12-8-16)30-25(22(29-19)23(26)33)28-17-5-6-20-21(13-17)35-15-18-14-31(36-4-2)9-10-32(18)20/h5-6,13,16,18H,3-4,7-12,14-15H2,1-2H3,(H2,26,33)(H2,27,28,30). The van der Waals surface area contributed by atoms with Gasteiger partial charge in [0, 0.05) is 56.4 Å². The highest BCUT2D eigenvalue weighted by Crippen LogP contribution is 2.38. The molecule has 1 aromatic carbocycles. The second-order valence-corrected chi connectivity index (χ2v) is 10.6. The van der Waals surface area contributed by atoms with Crippen LogP contribution in [0.2, 0.25) is 0 Å². The third kappa shape index (κ3) is 5.33. The maximum atomic E-state index is 12.3. The number of nitrogens with one attached hydrogen (secondary N) is 2. The normalized spacial score (nSPS) is 20.3. The van der Waals surface area contributed by atoms with Crippen molar-refractivity contribution in [3.63, 3.8) is 0 Å². The molecule has 1 aromatic heterocycles. The molecule has 11 heteroatoms. The zero-order chi connectivity index (χ0) is 25.1. The first-order chi connectivity index (χ1) is 17.6. The Bertz CT molecular complexity index is 1100. The van der Waals surface area contributed by atoms with Gasteiger partial charge in [-0.3, -0.25) is 4.79 Å². The number of nitrogens with zero attached hydrogens (tertiary/aromatic N) is 4. The van der Waals surface area contributed by atoms with Crippen molar-refractivity contribution < 1.29 is 14.3 Å². The average Bonchev–Trinajstić information content (AvgIpc) is 2.89. The van der Waals surface area contributed by atoms with Crippen LogP contribution in [0.25, 0.3) is 0 Å².